The molecule has 1 atom stereocenters. The van der Waals surface area contributed by atoms with E-state index in [4.69, 9.17) is 4.42 Å². The Kier molecular flexibility index (Phi) is 10.5. The minimum atomic E-state index is 0. The molecule has 2 aliphatic rings. The predicted octanol–water partition coefficient (Wildman–Crippen LogP) is 3.13. The minimum absolute atomic E-state index is 0. The first-order valence-corrected chi connectivity index (χ1v) is 11.5. The molecule has 28 heavy (non-hydrogen) atoms. The summed E-state index contributed by atoms with van der Waals surface area (Å²) in [7, 11) is 0. The van der Waals surface area contributed by atoms with Crippen molar-refractivity contribution in [2.45, 2.75) is 44.6 Å². The molecule has 0 radical (unpaired) electrons. The number of thioether (sulfide) groups is 1. The van der Waals surface area contributed by atoms with E-state index in [1.54, 1.807) is 18.0 Å². The van der Waals surface area contributed by atoms with Gasteiger partial charge in [0.1, 0.15) is 5.76 Å². The second kappa shape index (κ2) is 12.6. The monoisotopic (exact) mass is 520 g/mol. The van der Waals surface area contributed by atoms with Gasteiger partial charge in [0.15, 0.2) is 5.96 Å². The van der Waals surface area contributed by atoms with Crippen molar-refractivity contribution in [3.63, 3.8) is 0 Å². The van der Waals surface area contributed by atoms with Crippen LogP contribution < -0.4 is 10.6 Å². The van der Waals surface area contributed by atoms with Gasteiger partial charge < -0.3 is 20.0 Å². The Bertz CT molecular complexity index is 605. The number of likely N-dealkylation sites (tertiary alicyclic amines) is 1. The molecule has 0 aromatic carbocycles. The van der Waals surface area contributed by atoms with Gasteiger partial charge >= 0.3 is 0 Å². The predicted molar refractivity (Wildman–Crippen MR) is 127 cm³/mol. The van der Waals surface area contributed by atoms with Gasteiger partial charge in [0.05, 0.1) is 12.8 Å². The lowest BCUT2D eigenvalue weighted by atomic mass is 10.1. The normalized spacial score (nSPS) is 20.2. The molecule has 1 aromatic rings. The number of carbonyl (C=O) groups excluding carboxylic acids is 1. The van der Waals surface area contributed by atoms with Crippen LogP contribution in [0.25, 0.3) is 0 Å². The number of hydrogen-bond donors (Lipinski definition) is 2. The van der Waals surface area contributed by atoms with Crippen LogP contribution in [0, 0.1) is 5.92 Å². The molecule has 0 spiro atoms. The number of halogens is 1. The zero-order valence-electron chi connectivity index (χ0n) is 16.7. The van der Waals surface area contributed by atoms with Gasteiger partial charge in [-0.25, -0.2) is 0 Å². The van der Waals surface area contributed by atoms with Crippen LogP contribution in [0.15, 0.2) is 27.8 Å². The van der Waals surface area contributed by atoms with Crippen molar-refractivity contribution >= 4 is 47.6 Å². The molecule has 158 valence electrons. The smallest absolute Gasteiger partial charge is 0.225 e. The number of amides is 1. The quantitative estimate of drug-likeness (QED) is 0.239. The summed E-state index contributed by atoms with van der Waals surface area (Å²) in [4.78, 5) is 19.4. The molecule has 1 aliphatic carbocycles. The molecule has 2 heterocycles. The Hall–Kier alpha value is -0.900. The van der Waals surface area contributed by atoms with Crippen molar-refractivity contribution < 1.29 is 9.21 Å². The third-order valence-electron chi connectivity index (χ3n) is 5.35. The maximum atomic E-state index is 12.6. The first kappa shape index (κ1) is 23.4. The first-order chi connectivity index (χ1) is 13.3. The summed E-state index contributed by atoms with van der Waals surface area (Å²) in [6.07, 6.45) is 10.2. The fourth-order valence-corrected chi connectivity index (χ4v) is 4.14. The van der Waals surface area contributed by atoms with Crippen LogP contribution in [0.2, 0.25) is 0 Å². The summed E-state index contributed by atoms with van der Waals surface area (Å²) < 4.78 is 5.39. The summed E-state index contributed by atoms with van der Waals surface area (Å²) in [6, 6.07) is 4.18. The second-order valence-electron chi connectivity index (χ2n) is 7.37. The third kappa shape index (κ3) is 7.17. The van der Waals surface area contributed by atoms with Crippen LogP contribution in [0.4, 0.5) is 0 Å². The van der Waals surface area contributed by atoms with Crippen LogP contribution in [-0.2, 0) is 11.2 Å². The molecule has 8 heteroatoms. The van der Waals surface area contributed by atoms with Crippen molar-refractivity contribution in [3.8, 4) is 0 Å². The highest BCUT2D eigenvalue weighted by Crippen LogP contribution is 2.27. The molecule has 1 saturated heterocycles. The molecule has 2 fully saturated rings. The van der Waals surface area contributed by atoms with Crippen LogP contribution in [0.3, 0.4) is 0 Å². The average Bonchev–Trinajstić information content (AvgIpc) is 3.43. The highest BCUT2D eigenvalue weighted by molar-refractivity contribution is 14.0. The van der Waals surface area contributed by atoms with Gasteiger partial charge in [0.2, 0.25) is 5.91 Å². The first-order valence-electron chi connectivity index (χ1n) is 10.1. The van der Waals surface area contributed by atoms with Crippen molar-refractivity contribution in [1.82, 2.24) is 15.5 Å². The molecule has 2 N–H and O–H groups in total. The van der Waals surface area contributed by atoms with Crippen molar-refractivity contribution in [1.29, 1.82) is 0 Å². The standard InChI is InChI=1S/C20H32N4O2S.HI/c1-27-14-11-22-20(21-10-8-18-7-4-13-26-18)23-17-9-12-24(15-17)19(25)16-5-2-3-6-16;/h4,7,13,16-17H,2-3,5-6,8-12,14-15H2,1H3,(H2,21,22,23);1H. The number of hydrogen-bond acceptors (Lipinski definition) is 4. The molecular formula is C20H33IN4O2S. The number of carbonyl (C=O) groups is 1. The molecular weight excluding hydrogens is 487 g/mol. The van der Waals surface area contributed by atoms with E-state index in [1.165, 1.54) is 12.8 Å². The van der Waals surface area contributed by atoms with Crippen LogP contribution in [-0.4, -0.2) is 61.0 Å². The van der Waals surface area contributed by atoms with E-state index < -0.39 is 0 Å². The van der Waals surface area contributed by atoms with Crippen LogP contribution in [0.1, 0.15) is 37.9 Å². The van der Waals surface area contributed by atoms with Gasteiger partial charge in [-0.1, -0.05) is 12.8 Å². The lowest BCUT2D eigenvalue weighted by Crippen LogP contribution is -2.46. The minimum Gasteiger partial charge on any atom is -0.469 e. The van der Waals surface area contributed by atoms with Gasteiger partial charge in [-0.15, -0.1) is 24.0 Å². The van der Waals surface area contributed by atoms with E-state index in [1.807, 2.05) is 12.1 Å². The lowest BCUT2D eigenvalue weighted by Gasteiger charge is -2.21. The van der Waals surface area contributed by atoms with Crippen LogP contribution >= 0.6 is 35.7 Å². The van der Waals surface area contributed by atoms with E-state index >= 15 is 0 Å². The molecule has 1 unspecified atom stereocenters. The molecule has 1 aromatic heterocycles. The maximum absolute atomic E-state index is 12.6. The Morgan fingerprint density at radius 1 is 1.36 bits per heavy atom. The summed E-state index contributed by atoms with van der Waals surface area (Å²) >= 11 is 1.80. The summed E-state index contributed by atoms with van der Waals surface area (Å²) in [6.45, 7) is 3.21. The number of nitrogens with zero attached hydrogens (tertiary/aromatic N) is 2. The lowest BCUT2D eigenvalue weighted by molar-refractivity contribution is -0.134. The summed E-state index contributed by atoms with van der Waals surface area (Å²) in [5.41, 5.74) is 0. The SMILES string of the molecule is CSCCN=C(NCCc1ccco1)NC1CCN(C(=O)C2CCCC2)C1.I. The second-order valence-corrected chi connectivity index (χ2v) is 8.36. The molecule has 1 amide bonds. The number of guanidine groups is 1. The molecule has 1 saturated carbocycles. The van der Waals surface area contributed by atoms with Crippen molar-refractivity contribution in [2.24, 2.45) is 10.9 Å². The Morgan fingerprint density at radius 3 is 2.89 bits per heavy atom. The van der Waals surface area contributed by atoms with E-state index in [0.29, 0.717) is 5.91 Å². The number of rotatable bonds is 8. The Labute approximate surface area is 189 Å². The number of aliphatic imine (C=N–C) groups is 1. The molecule has 1 aliphatic heterocycles. The topological polar surface area (TPSA) is 69.9 Å². The van der Waals surface area contributed by atoms with Crippen LogP contribution in [0.5, 0.6) is 0 Å². The van der Waals surface area contributed by atoms with E-state index in [0.717, 1.165) is 69.3 Å². The number of furan rings is 1. The summed E-state index contributed by atoms with van der Waals surface area (Å²) in [5.74, 6) is 3.45. The molecule has 6 nitrogen and oxygen atoms in total. The highest BCUT2D eigenvalue weighted by atomic mass is 127. The van der Waals surface area contributed by atoms with Crippen molar-refractivity contribution in [3.05, 3.63) is 24.2 Å². The molecule has 0 bridgehead atoms. The largest absolute Gasteiger partial charge is 0.469 e. The fraction of sp³-hybridized carbons (Fsp3) is 0.700. The van der Waals surface area contributed by atoms with E-state index in [9.17, 15) is 4.79 Å². The van der Waals surface area contributed by atoms with Gasteiger partial charge in [-0.3, -0.25) is 9.79 Å². The van der Waals surface area contributed by atoms with E-state index in [2.05, 4.69) is 26.8 Å². The molecule has 3 rings (SSSR count). The van der Waals surface area contributed by atoms with Gasteiger partial charge in [0, 0.05) is 43.8 Å². The summed E-state index contributed by atoms with van der Waals surface area (Å²) in [5, 5.41) is 6.94. The van der Waals surface area contributed by atoms with Gasteiger partial charge in [-0.05, 0) is 37.7 Å². The third-order valence-corrected chi connectivity index (χ3v) is 5.95. The average molecular weight is 520 g/mol. The zero-order valence-corrected chi connectivity index (χ0v) is 19.8. The zero-order chi connectivity index (χ0) is 18.9. The van der Waals surface area contributed by atoms with Gasteiger partial charge in [-0.2, -0.15) is 11.8 Å². The number of nitrogens with one attached hydrogen (secondary N) is 2. The fourth-order valence-electron chi connectivity index (χ4n) is 3.86. The van der Waals surface area contributed by atoms with Crippen molar-refractivity contribution in [2.75, 3.05) is 38.2 Å². The van der Waals surface area contributed by atoms with E-state index in [-0.39, 0.29) is 35.9 Å². The van der Waals surface area contributed by atoms with Gasteiger partial charge in [0.25, 0.3) is 0 Å². The Balaban J connectivity index is 0.00000280. The maximum Gasteiger partial charge on any atom is 0.225 e. The highest BCUT2D eigenvalue weighted by Gasteiger charge is 2.32. The Morgan fingerprint density at radius 2 is 2.18 bits per heavy atom.